The molecule has 2 aliphatic rings. The van der Waals surface area contributed by atoms with Crippen molar-refractivity contribution in [3.05, 3.63) is 34.3 Å². The zero-order valence-electron chi connectivity index (χ0n) is 12.2. The molecule has 3 nitrogen and oxygen atoms in total. The van der Waals surface area contributed by atoms with Crippen molar-refractivity contribution >= 4 is 11.6 Å². The second-order valence-electron chi connectivity index (χ2n) is 6.05. The average Bonchev–Trinajstić information content (AvgIpc) is 2.92. The van der Waals surface area contributed by atoms with Crippen LogP contribution in [-0.4, -0.2) is 55.1 Å². The molecule has 0 aliphatic carbocycles. The van der Waals surface area contributed by atoms with Gasteiger partial charge in [-0.2, -0.15) is 0 Å². The maximum atomic E-state index is 6.10. The van der Waals surface area contributed by atoms with Crippen molar-refractivity contribution in [3.8, 4) is 0 Å². The number of aryl methyl sites for hydroxylation is 1. The molecule has 20 heavy (non-hydrogen) atoms. The Bertz CT molecular complexity index is 457. The van der Waals surface area contributed by atoms with Crippen LogP contribution in [-0.2, 0) is 6.54 Å². The highest BCUT2D eigenvalue weighted by Gasteiger charge is 2.28. The van der Waals surface area contributed by atoms with E-state index in [0.717, 1.165) is 30.7 Å². The van der Waals surface area contributed by atoms with Crippen molar-refractivity contribution in [2.75, 3.05) is 39.3 Å². The van der Waals surface area contributed by atoms with Crippen LogP contribution in [0.25, 0.3) is 0 Å². The first-order valence-corrected chi connectivity index (χ1v) is 8.02. The predicted octanol–water partition coefficient (Wildman–Crippen LogP) is 2.13. The van der Waals surface area contributed by atoms with Gasteiger partial charge in [-0.15, -0.1) is 0 Å². The third-order valence-electron chi connectivity index (χ3n) is 4.54. The van der Waals surface area contributed by atoms with Crippen LogP contribution >= 0.6 is 11.6 Å². The fourth-order valence-corrected chi connectivity index (χ4v) is 3.48. The van der Waals surface area contributed by atoms with Crippen molar-refractivity contribution in [2.45, 2.75) is 25.9 Å². The molecule has 4 heteroatoms. The van der Waals surface area contributed by atoms with Gasteiger partial charge >= 0.3 is 0 Å². The molecule has 0 amide bonds. The Hall–Kier alpha value is -0.610. The van der Waals surface area contributed by atoms with Crippen LogP contribution in [0, 0.1) is 6.92 Å². The minimum Gasteiger partial charge on any atom is -0.314 e. The van der Waals surface area contributed by atoms with E-state index < -0.39 is 0 Å². The molecule has 1 aromatic rings. The Balaban J connectivity index is 1.55. The van der Waals surface area contributed by atoms with Crippen LogP contribution < -0.4 is 5.32 Å². The number of piperazine rings is 1. The van der Waals surface area contributed by atoms with E-state index >= 15 is 0 Å². The fourth-order valence-electron chi connectivity index (χ4n) is 3.36. The topological polar surface area (TPSA) is 18.5 Å². The van der Waals surface area contributed by atoms with Crippen LogP contribution in [0.3, 0.4) is 0 Å². The second-order valence-corrected chi connectivity index (χ2v) is 6.45. The number of likely N-dealkylation sites (tertiary alicyclic amines) is 1. The molecule has 0 spiro atoms. The number of nitrogens with zero attached hydrogens (tertiary/aromatic N) is 2. The van der Waals surface area contributed by atoms with E-state index in [-0.39, 0.29) is 0 Å². The van der Waals surface area contributed by atoms with Crippen LogP contribution in [0.5, 0.6) is 0 Å². The van der Waals surface area contributed by atoms with Crippen molar-refractivity contribution in [1.29, 1.82) is 0 Å². The summed E-state index contributed by atoms with van der Waals surface area (Å²) in [5.74, 6) is 0. The molecule has 1 atom stereocenters. The third kappa shape index (κ3) is 3.34. The smallest absolute Gasteiger partial charge is 0.0435 e. The molecule has 1 aromatic carbocycles. The summed E-state index contributed by atoms with van der Waals surface area (Å²) in [5.41, 5.74) is 2.56. The van der Waals surface area contributed by atoms with Gasteiger partial charge in [0.15, 0.2) is 0 Å². The summed E-state index contributed by atoms with van der Waals surface area (Å²) in [6.07, 6.45) is 1.31. The predicted molar refractivity (Wildman–Crippen MR) is 84.3 cm³/mol. The van der Waals surface area contributed by atoms with Crippen LogP contribution in [0.1, 0.15) is 17.5 Å². The lowest BCUT2D eigenvalue weighted by atomic mass is 10.1. The summed E-state index contributed by atoms with van der Waals surface area (Å²) in [7, 11) is 0. The van der Waals surface area contributed by atoms with Crippen LogP contribution in [0.15, 0.2) is 18.2 Å². The fraction of sp³-hybridized carbons (Fsp3) is 0.625. The molecular weight excluding hydrogens is 270 g/mol. The number of hydrogen-bond donors (Lipinski definition) is 1. The molecule has 0 radical (unpaired) electrons. The number of hydrogen-bond acceptors (Lipinski definition) is 3. The number of rotatable bonds is 3. The van der Waals surface area contributed by atoms with Crippen molar-refractivity contribution < 1.29 is 0 Å². The molecule has 2 saturated heterocycles. The van der Waals surface area contributed by atoms with E-state index in [1.807, 2.05) is 6.07 Å². The lowest BCUT2D eigenvalue weighted by Gasteiger charge is -2.32. The van der Waals surface area contributed by atoms with E-state index in [4.69, 9.17) is 11.6 Å². The monoisotopic (exact) mass is 293 g/mol. The minimum atomic E-state index is 0.755. The van der Waals surface area contributed by atoms with Gasteiger partial charge in [0.25, 0.3) is 0 Å². The molecular formula is C16H24ClN3. The maximum Gasteiger partial charge on any atom is 0.0435 e. The molecule has 1 N–H and O–H groups in total. The lowest BCUT2D eigenvalue weighted by molar-refractivity contribution is 0.170. The second kappa shape index (κ2) is 6.44. The van der Waals surface area contributed by atoms with Crippen LogP contribution in [0.2, 0.25) is 5.02 Å². The van der Waals surface area contributed by atoms with E-state index in [1.165, 1.54) is 43.7 Å². The summed E-state index contributed by atoms with van der Waals surface area (Å²) in [4.78, 5) is 5.24. The quantitative estimate of drug-likeness (QED) is 0.921. The van der Waals surface area contributed by atoms with Gasteiger partial charge in [0.1, 0.15) is 0 Å². The van der Waals surface area contributed by atoms with Gasteiger partial charge < -0.3 is 5.32 Å². The highest BCUT2D eigenvalue weighted by Crippen LogP contribution is 2.21. The zero-order chi connectivity index (χ0) is 13.9. The Morgan fingerprint density at radius 1 is 1.25 bits per heavy atom. The third-order valence-corrected chi connectivity index (χ3v) is 4.97. The number of nitrogens with one attached hydrogen (secondary N) is 1. The molecule has 0 aromatic heterocycles. The van der Waals surface area contributed by atoms with Gasteiger partial charge in [-0.05, 0) is 30.5 Å². The standard InChI is InChI=1S/C16H24ClN3/c1-13-10-14(2-3-16(13)17)11-19-7-4-15(12-19)20-8-5-18-6-9-20/h2-3,10,15,18H,4-9,11-12H2,1H3. The Morgan fingerprint density at radius 3 is 2.80 bits per heavy atom. The molecule has 0 saturated carbocycles. The highest BCUT2D eigenvalue weighted by molar-refractivity contribution is 6.31. The van der Waals surface area contributed by atoms with E-state index in [1.54, 1.807) is 0 Å². The first-order chi connectivity index (χ1) is 9.72. The van der Waals surface area contributed by atoms with Crippen molar-refractivity contribution in [1.82, 2.24) is 15.1 Å². The molecule has 2 fully saturated rings. The van der Waals surface area contributed by atoms with E-state index in [0.29, 0.717) is 0 Å². The molecule has 110 valence electrons. The maximum absolute atomic E-state index is 6.10. The van der Waals surface area contributed by atoms with Gasteiger partial charge in [0.2, 0.25) is 0 Å². The number of benzene rings is 1. The summed E-state index contributed by atoms with van der Waals surface area (Å²) >= 11 is 6.10. The van der Waals surface area contributed by atoms with Gasteiger partial charge in [0.05, 0.1) is 0 Å². The first-order valence-electron chi connectivity index (χ1n) is 7.64. The lowest BCUT2D eigenvalue weighted by Crippen LogP contribution is -2.49. The summed E-state index contributed by atoms with van der Waals surface area (Å²) in [5, 5.41) is 4.30. The Kier molecular flexibility index (Phi) is 4.61. The minimum absolute atomic E-state index is 0.755. The normalized spacial score (nSPS) is 25.2. The summed E-state index contributed by atoms with van der Waals surface area (Å²) < 4.78 is 0. The van der Waals surface area contributed by atoms with Gasteiger partial charge in [-0.3, -0.25) is 9.80 Å². The Morgan fingerprint density at radius 2 is 2.05 bits per heavy atom. The Labute approximate surface area is 126 Å². The molecule has 2 heterocycles. The van der Waals surface area contributed by atoms with Crippen molar-refractivity contribution in [2.24, 2.45) is 0 Å². The van der Waals surface area contributed by atoms with E-state index in [9.17, 15) is 0 Å². The van der Waals surface area contributed by atoms with Crippen molar-refractivity contribution in [3.63, 3.8) is 0 Å². The van der Waals surface area contributed by atoms with Crippen LogP contribution in [0.4, 0.5) is 0 Å². The first kappa shape index (κ1) is 14.3. The SMILES string of the molecule is Cc1cc(CN2CCC(N3CCNCC3)C2)ccc1Cl. The molecule has 3 rings (SSSR count). The average molecular weight is 294 g/mol. The summed E-state index contributed by atoms with van der Waals surface area (Å²) in [6.45, 7) is 10.3. The zero-order valence-corrected chi connectivity index (χ0v) is 13.0. The highest BCUT2D eigenvalue weighted by atomic mass is 35.5. The molecule has 1 unspecified atom stereocenters. The largest absolute Gasteiger partial charge is 0.314 e. The molecule has 2 aliphatic heterocycles. The van der Waals surface area contributed by atoms with Gasteiger partial charge in [0, 0.05) is 56.9 Å². The van der Waals surface area contributed by atoms with Gasteiger partial charge in [-0.25, -0.2) is 0 Å². The van der Waals surface area contributed by atoms with E-state index in [2.05, 4.69) is 34.2 Å². The molecule has 0 bridgehead atoms. The van der Waals surface area contributed by atoms with Gasteiger partial charge in [-0.1, -0.05) is 23.7 Å². The summed E-state index contributed by atoms with van der Waals surface area (Å²) in [6, 6.07) is 7.16. The number of halogens is 1.